The fourth-order valence-corrected chi connectivity index (χ4v) is 2.24. The largest absolute Gasteiger partial charge is 0.472 e. The van der Waals surface area contributed by atoms with Crippen molar-refractivity contribution in [2.24, 2.45) is 5.73 Å². The smallest absolute Gasteiger partial charge is 0.0935 e. The Bertz CT molecular complexity index is 482. The zero-order valence-electron chi connectivity index (χ0n) is 9.20. The Balaban J connectivity index is 2.00. The summed E-state index contributed by atoms with van der Waals surface area (Å²) in [6.45, 7) is 0. The van der Waals surface area contributed by atoms with Gasteiger partial charge in [-0.05, 0) is 42.2 Å². The van der Waals surface area contributed by atoms with Crippen molar-refractivity contribution in [2.45, 2.75) is 18.9 Å². The van der Waals surface area contributed by atoms with Crippen molar-refractivity contribution < 1.29 is 4.42 Å². The summed E-state index contributed by atoms with van der Waals surface area (Å²) in [6.07, 6.45) is 4.86. The summed E-state index contributed by atoms with van der Waals surface area (Å²) >= 11 is 11.9. The van der Waals surface area contributed by atoms with Gasteiger partial charge in [-0.2, -0.15) is 0 Å². The lowest BCUT2D eigenvalue weighted by atomic mass is 10.0. The second kappa shape index (κ2) is 5.58. The van der Waals surface area contributed by atoms with Crippen LogP contribution in [0.5, 0.6) is 0 Å². The van der Waals surface area contributed by atoms with Gasteiger partial charge in [-0.15, -0.1) is 0 Å². The molecule has 0 aliphatic heterocycles. The summed E-state index contributed by atoms with van der Waals surface area (Å²) in [5, 5.41) is 1.31. The van der Waals surface area contributed by atoms with Gasteiger partial charge in [-0.25, -0.2) is 0 Å². The summed E-state index contributed by atoms with van der Waals surface area (Å²) in [4.78, 5) is 0. The highest BCUT2D eigenvalue weighted by atomic mass is 35.5. The first-order valence-corrected chi connectivity index (χ1v) is 6.11. The molecule has 1 heterocycles. The van der Waals surface area contributed by atoms with E-state index in [1.54, 1.807) is 18.6 Å². The van der Waals surface area contributed by atoms with Crippen molar-refractivity contribution in [2.75, 3.05) is 0 Å². The molecule has 2 aromatic rings. The summed E-state index contributed by atoms with van der Waals surface area (Å²) in [5.74, 6) is 0. The van der Waals surface area contributed by atoms with Gasteiger partial charge in [0.05, 0.1) is 12.5 Å². The topological polar surface area (TPSA) is 39.2 Å². The van der Waals surface area contributed by atoms with E-state index in [1.165, 1.54) is 0 Å². The van der Waals surface area contributed by atoms with Crippen LogP contribution < -0.4 is 5.73 Å². The number of benzene rings is 1. The van der Waals surface area contributed by atoms with E-state index in [9.17, 15) is 0 Å². The molecule has 0 spiro atoms. The highest BCUT2D eigenvalue weighted by Gasteiger charge is 2.09. The van der Waals surface area contributed by atoms with Crippen LogP contribution in [0.15, 0.2) is 41.2 Å². The summed E-state index contributed by atoms with van der Waals surface area (Å²) in [7, 11) is 0. The number of furan rings is 1. The zero-order valence-corrected chi connectivity index (χ0v) is 10.7. The first kappa shape index (κ1) is 12.5. The van der Waals surface area contributed by atoms with Gasteiger partial charge >= 0.3 is 0 Å². The van der Waals surface area contributed by atoms with Gasteiger partial charge in [0, 0.05) is 16.1 Å². The summed E-state index contributed by atoms with van der Waals surface area (Å²) in [6, 6.07) is 7.42. The van der Waals surface area contributed by atoms with E-state index in [0.29, 0.717) is 10.0 Å². The van der Waals surface area contributed by atoms with Gasteiger partial charge in [0.1, 0.15) is 0 Å². The molecule has 1 aromatic carbocycles. The fraction of sp³-hybridized carbons (Fsp3) is 0.231. The van der Waals surface area contributed by atoms with Crippen LogP contribution in [0.1, 0.15) is 11.1 Å². The number of hydrogen-bond acceptors (Lipinski definition) is 2. The molecule has 90 valence electrons. The first-order valence-electron chi connectivity index (χ1n) is 5.36. The minimum atomic E-state index is 0.0197. The van der Waals surface area contributed by atoms with E-state index in [0.717, 1.165) is 24.0 Å². The molecule has 0 aliphatic rings. The van der Waals surface area contributed by atoms with Gasteiger partial charge in [-0.1, -0.05) is 29.3 Å². The van der Waals surface area contributed by atoms with Gasteiger partial charge in [0.2, 0.25) is 0 Å². The molecule has 4 heteroatoms. The maximum absolute atomic E-state index is 6.10. The Morgan fingerprint density at radius 3 is 2.65 bits per heavy atom. The number of hydrogen-bond donors (Lipinski definition) is 1. The van der Waals surface area contributed by atoms with Crippen molar-refractivity contribution in [3.05, 3.63) is 58.0 Å². The van der Waals surface area contributed by atoms with Crippen LogP contribution in [-0.2, 0) is 12.8 Å². The molecule has 1 atom stereocenters. The van der Waals surface area contributed by atoms with Crippen molar-refractivity contribution >= 4 is 23.2 Å². The maximum atomic E-state index is 6.10. The van der Waals surface area contributed by atoms with Crippen LogP contribution in [-0.4, -0.2) is 6.04 Å². The minimum absolute atomic E-state index is 0.0197. The van der Waals surface area contributed by atoms with Crippen molar-refractivity contribution in [1.29, 1.82) is 0 Å². The molecule has 0 bridgehead atoms. The zero-order chi connectivity index (χ0) is 12.3. The molecular weight excluding hydrogens is 257 g/mol. The second-order valence-corrected chi connectivity index (χ2v) is 4.88. The molecule has 17 heavy (non-hydrogen) atoms. The second-order valence-electron chi connectivity index (χ2n) is 4.04. The lowest BCUT2D eigenvalue weighted by Gasteiger charge is -2.11. The Labute approximate surface area is 110 Å². The first-order chi connectivity index (χ1) is 8.15. The molecule has 0 radical (unpaired) electrons. The van der Waals surface area contributed by atoms with Crippen LogP contribution in [0.4, 0.5) is 0 Å². The van der Waals surface area contributed by atoms with E-state index >= 15 is 0 Å². The Morgan fingerprint density at radius 1 is 1.18 bits per heavy atom. The van der Waals surface area contributed by atoms with Crippen molar-refractivity contribution in [1.82, 2.24) is 0 Å². The summed E-state index contributed by atoms with van der Waals surface area (Å²) < 4.78 is 5.01. The van der Waals surface area contributed by atoms with E-state index in [4.69, 9.17) is 33.4 Å². The highest BCUT2D eigenvalue weighted by molar-refractivity contribution is 6.35. The predicted octanol–water partition coefficient (Wildman–Crippen LogP) is 3.70. The molecule has 2 rings (SSSR count). The maximum Gasteiger partial charge on any atom is 0.0935 e. The lowest BCUT2D eigenvalue weighted by Crippen LogP contribution is -2.25. The molecule has 0 saturated carbocycles. The number of rotatable bonds is 4. The Morgan fingerprint density at radius 2 is 2.00 bits per heavy atom. The van der Waals surface area contributed by atoms with Crippen LogP contribution in [0.25, 0.3) is 0 Å². The highest BCUT2D eigenvalue weighted by Crippen LogP contribution is 2.22. The fourth-order valence-electron chi connectivity index (χ4n) is 1.75. The average Bonchev–Trinajstić information content (AvgIpc) is 2.75. The van der Waals surface area contributed by atoms with Crippen molar-refractivity contribution in [3.63, 3.8) is 0 Å². The normalized spacial score (nSPS) is 12.6. The molecule has 2 N–H and O–H groups in total. The number of halogens is 2. The molecule has 1 aromatic heterocycles. The third kappa shape index (κ3) is 3.50. The molecule has 0 fully saturated rings. The van der Waals surface area contributed by atoms with E-state index < -0.39 is 0 Å². The standard InChI is InChI=1S/C13H13Cl2NO/c14-11-2-1-10(13(15)7-11)6-12(16)5-9-3-4-17-8-9/h1-4,7-8,12H,5-6,16H2. The van der Waals surface area contributed by atoms with Crippen LogP contribution in [0.3, 0.4) is 0 Å². The Kier molecular flexibility index (Phi) is 4.11. The monoisotopic (exact) mass is 269 g/mol. The molecule has 0 saturated heterocycles. The number of nitrogens with two attached hydrogens (primary N) is 1. The molecule has 2 nitrogen and oxygen atoms in total. The average molecular weight is 270 g/mol. The predicted molar refractivity (Wildman–Crippen MR) is 70.6 cm³/mol. The van der Waals surface area contributed by atoms with Gasteiger partial charge < -0.3 is 10.2 Å². The van der Waals surface area contributed by atoms with Crippen LogP contribution >= 0.6 is 23.2 Å². The van der Waals surface area contributed by atoms with Crippen LogP contribution in [0.2, 0.25) is 10.0 Å². The van der Waals surface area contributed by atoms with Crippen LogP contribution in [0, 0.1) is 0 Å². The van der Waals surface area contributed by atoms with Gasteiger partial charge in [0.25, 0.3) is 0 Å². The lowest BCUT2D eigenvalue weighted by molar-refractivity contribution is 0.559. The van der Waals surface area contributed by atoms with E-state index in [2.05, 4.69) is 0 Å². The summed E-state index contributed by atoms with van der Waals surface area (Å²) in [5.41, 5.74) is 8.19. The SMILES string of the molecule is NC(Cc1ccoc1)Cc1ccc(Cl)cc1Cl. The molecule has 0 amide bonds. The third-order valence-electron chi connectivity index (χ3n) is 2.58. The molecule has 1 unspecified atom stereocenters. The van der Waals surface area contributed by atoms with E-state index in [1.807, 2.05) is 18.2 Å². The van der Waals surface area contributed by atoms with Crippen molar-refractivity contribution in [3.8, 4) is 0 Å². The molecule has 0 aliphatic carbocycles. The molecular formula is C13H13Cl2NO. The minimum Gasteiger partial charge on any atom is -0.472 e. The van der Waals surface area contributed by atoms with Gasteiger partial charge in [-0.3, -0.25) is 0 Å². The van der Waals surface area contributed by atoms with E-state index in [-0.39, 0.29) is 6.04 Å². The van der Waals surface area contributed by atoms with Gasteiger partial charge in [0.15, 0.2) is 0 Å². The third-order valence-corrected chi connectivity index (χ3v) is 3.16. The Hall–Kier alpha value is -0.960. The quantitative estimate of drug-likeness (QED) is 0.920.